The summed E-state index contributed by atoms with van der Waals surface area (Å²) in [4.78, 5) is 5.24. The average Bonchev–Trinajstić information content (AvgIpc) is 2.14. The maximum absolute atomic E-state index is 5.60. The first-order valence-electron chi connectivity index (χ1n) is 2.88. The highest BCUT2D eigenvalue weighted by Gasteiger charge is 2.00. The number of hydrogen-bond acceptors (Lipinski definition) is 3. The molecule has 3 heteroatoms. The van der Waals surface area contributed by atoms with Crippen LogP contribution in [0.4, 0.5) is 0 Å². The number of nitrogens with two attached hydrogens (primary N) is 1. The van der Waals surface area contributed by atoms with Crippen molar-refractivity contribution in [1.82, 2.24) is 4.98 Å². The lowest BCUT2D eigenvalue weighted by Gasteiger charge is -1.95. The molecule has 0 bridgehead atoms. The van der Waals surface area contributed by atoms with Gasteiger partial charge in [0.1, 0.15) is 0 Å². The smallest absolute Gasteiger partial charge is 0.0897 e. The second-order valence-corrected chi connectivity index (χ2v) is 3.34. The molecule has 1 aromatic rings. The summed E-state index contributed by atoms with van der Waals surface area (Å²) in [6.07, 6.45) is 1.84. The summed E-state index contributed by atoms with van der Waals surface area (Å²) in [5, 5.41) is 1.09. The van der Waals surface area contributed by atoms with Crippen molar-refractivity contribution in [3.05, 3.63) is 16.1 Å². The summed E-state index contributed by atoms with van der Waals surface area (Å²) in [6.45, 7) is 3.95. The molecule has 2 nitrogen and oxygen atoms in total. The van der Waals surface area contributed by atoms with Crippen LogP contribution < -0.4 is 5.73 Å². The van der Waals surface area contributed by atoms with E-state index in [9.17, 15) is 0 Å². The highest BCUT2D eigenvalue weighted by molar-refractivity contribution is 7.11. The Labute approximate surface area is 58.7 Å². The third kappa shape index (κ3) is 1.50. The molecule has 0 radical (unpaired) electrons. The molecule has 50 valence electrons. The Morgan fingerprint density at radius 3 is 2.67 bits per heavy atom. The molecule has 1 unspecified atom stereocenters. The SMILES string of the molecule is Cc1ncc(C(C)N)s1. The minimum atomic E-state index is 0.135. The van der Waals surface area contributed by atoms with Crippen LogP contribution in [0.1, 0.15) is 22.9 Å². The average molecular weight is 142 g/mol. The van der Waals surface area contributed by atoms with E-state index in [1.165, 1.54) is 0 Å². The first-order valence-corrected chi connectivity index (χ1v) is 3.69. The van der Waals surface area contributed by atoms with Crippen molar-refractivity contribution in [1.29, 1.82) is 0 Å². The summed E-state index contributed by atoms with van der Waals surface area (Å²) in [6, 6.07) is 0.135. The first kappa shape index (κ1) is 6.71. The van der Waals surface area contributed by atoms with E-state index >= 15 is 0 Å². The Hall–Kier alpha value is -0.410. The van der Waals surface area contributed by atoms with Gasteiger partial charge in [-0.15, -0.1) is 11.3 Å². The molecule has 0 amide bonds. The van der Waals surface area contributed by atoms with Gasteiger partial charge in [-0.05, 0) is 13.8 Å². The summed E-state index contributed by atoms with van der Waals surface area (Å²) in [5.74, 6) is 0. The van der Waals surface area contributed by atoms with Crippen molar-refractivity contribution in [3.8, 4) is 0 Å². The number of aryl methyl sites for hydroxylation is 1. The fourth-order valence-corrected chi connectivity index (χ4v) is 1.33. The predicted molar refractivity (Wildman–Crippen MR) is 39.5 cm³/mol. The Morgan fingerprint density at radius 1 is 1.78 bits per heavy atom. The van der Waals surface area contributed by atoms with Gasteiger partial charge in [0.2, 0.25) is 0 Å². The van der Waals surface area contributed by atoms with Gasteiger partial charge >= 0.3 is 0 Å². The molecule has 0 aliphatic rings. The molecule has 0 aliphatic carbocycles. The van der Waals surface area contributed by atoms with Crippen LogP contribution in [-0.2, 0) is 0 Å². The van der Waals surface area contributed by atoms with Crippen molar-refractivity contribution in [2.75, 3.05) is 0 Å². The second-order valence-electron chi connectivity index (χ2n) is 2.07. The van der Waals surface area contributed by atoms with Crippen molar-refractivity contribution in [2.24, 2.45) is 5.73 Å². The van der Waals surface area contributed by atoms with E-state index in [0.29, 0.717) is 0 Å². The maximum Gasteiger partial charge on any atom is 0.0897 e. The third-order valence-electron chi connectivity index (χ3n) is 1.09. The fraction of sp³-hybridized carbons (Fsp3) is 0.500. The van der Waals surface area contributed by atoms with Crippen LogP contribution >= 0.6 is 11.3 Å². The number of thiazole rings is 1. The molecular formula is C6H10N2S. The van der Waals surface area contributed by atoms with Gasteiger partial charge in [0, 0.05) is 17.1 Å². The van der Waals surface area contributed by atoms with Crippen LogP contribution in [0.5, 0.6) is 0 Å². The second kappa shape index (κ2) is 2.45. The Kier molecular flexibility index (Phi) is 1.83. The van der Waals surface area contributed by atoms with Gasteiger partial charge in [0.25, 0.3) is 0 Å². The van der Waals surface area contributed by atoms with Crippen LogP contribution in [0, 0.1) is 6.92 Å². The van der Waals surface area contributed by atoms with Crippen LogP contribution in [0.2, 0.25) is 0 Å². The van der Waals surface area contributed by atoms with Crippen molar-refractivity contribution in [3.63, 3.8) is 0 Å². The van der Waals surface area contributed by atoms with E-state index in [2.05, 4.69) is 4.98 Å². The van der Waals surface area contributed by atoms with Gasteiger partial charge in [-0.25, -0.2) is 4.98 Å². The van der Waals surface area contributed by atoms with Crippen LogP contribution in [-0.4, -0.2) is 4.98 Å². The van der Waals surface area contributed by atoms with Gasteiger partial charge in [-0.3, -0.25) is 0 Å². The summed E-state index contributed by atoms with van der Waals surface area (Å²) in [5.41, 5.74) is 5.60. The Bertz CT molecular complexity index is 193. The lowest BCUT2D eigenvalue weighted by atomic mass is 10.3. The van der Waals surface area contributed by atoms with Crippen LogP contribution in [0.25, 0.3) is 0 Å². The first-order chi connectivity index (χ1) is 4.20. The zero-order valence-electron chi connectivity index (χ0n) is 5.59. The number of hydrogen-bond donors (Lipinski definition) is 1. The fourth-order valence-electron chi connectivity index (χ4n) is 0.588. The highest BCUT2D eigenvalue weighted by Crippen LogP contribution is 2.16. The van der Waals surface area contributed by atoms with Crippen LogP contribution in [0.3, 0.4) is 0 Å². The molecule has 0 fully saturated rings. The quantitative estimate of drug-likeness (QED) is 0.645. The zero-order valence-corrected chi connectivity index (χ0v) is 6.40. The van der Waals surface area contributed by atoms with Crippen molar-refractivity contribution >= 4 is 11.3 Å². The predicted octanol–water partition coefficient (Wildman–Crippen LogP) is 1.47. The van der Waals surface area contributed by atoms with E-state index in [4.69, 9.17) is 5.73 Å². The molecule has 9 heavy (non-hydrogen) atoms. The maximum atomic E-state index is 5.60. The summed E-state index contributed by atoms with van der Waals surface area (Å²) >= 11 is 1.66. The Balaban J connectivity index is 2.85. The van der Waals surface area contributed by atoms with E-state index in [0.717, 1.165) is 9.88 Å². The molecule has 1 atom stereocenters. The van der Waals surface area contributed by atoms with E-state index in [-0.39, 0.29) is 6.04 Å². The normalized spacial score (nSPS) is 13.7. The van der Waals surface area contributed by atoms with E-state index in [1.807, 2.05) is 20.0 Å². The van der Waals surface area contributed by atoms with Crippen molar-refractivity contribution in [2.45, 2.75) is 19.9 Å². The molecule has 1 rings (SSSR count). The van der Waals surface area contributed by atoms with Gasteiger partial charge in [0.15, 0.2) is 0 Å². The minimum Gasteiger partial charge on any atom is -0.323 e. The lowest BCUT2D eigenvalue weighted by molar-refractivity contribution is 0.835. The van der Waals surface area contributed by atoms with E-state index in [1.54, 1.807) is 11.3 Å². The zero-order chi connectivity index (χ0) is 6.85. The molecule has 0 aromatic carbocycles. The molecule has 1 heterocycles. The molecule has 0 spiro atoms. The van der Waals surface area contributed by atoms with Gasteiger partial charge in [-0.2, -0.15) is 0 Å². The van der Waals surface area contributed by atoms with Crippen LogP contribution in [0.15, 0.2) is 6.20 Å². The lowest BCUT2D eigenvalue weighted by Crippen LogP contribution is -2.01. The number of rotatable bonds is 1. The van der Waals surface area contributed by atoms with Gasteiger partial charge in [0.05, 0.1) is 5.01 Å². The molecular weight excluding hydrogens is 132 g/mol. The van der Waals surface area contributed by atoms with Crippen molar-refractivity contribution < 1.29 is 0 Å². The molecule has 2 N–H and O–H groups in total. The monoisotopic (exact) mass is 142 g/mol. The summed E-state index contributed by atoms with van der Waals surface area (Å²) in [7, 11) is 0. The van der Waals surface area contributed by atoms with Gasteiger partial charge < -0.3 is 5.73 Å². The largest absolute Gasteiger partial charge is 0.323 e. The molecule has 0 saturated heterocycles. The Morgan fingerprint density at radius 2 is 2.44 bits per heavy atom. The van der Waals surface area contributed by atoms with E-state index < -0.39 is 0 Å². The third-order valence-corrected chi connectivity index (χ3v) is 2.20. The topological polar surface area (TPSA) is 38.9 Å². The number of nitrogens with zero attached hydrogens (tertiary/aromatic N) is 1. The molecule has 1 aromatic heterocycles. The molecule has 0 saturated carbocycles. The van der Waals surface area contributed by atoms with Gasteiger partial charge in [-0.1, -0.05) is 0 Å². The minimum absolute atomic E-state index is 0.135. The summed E-state index contributed by atoms with van der Waals surface area (Å²) < 4.78 is 0. The standard InChI is InChI=1S/C6H10N2S/c1-4(7)6-3-8-5(2)9-6/h3-4H,7H2,1-2H3. The molecule has 0 aliphatic heterocycles. The number of aromatic nitrogens is 1. The highest BCUT2D eigenvalue weighted by atomic mass is 32.1.